The fourth-order valence-corrected chi connectivity index (χ4v) is 8.60. The second-order valence-electron chi connectivity index (χ2n) is 14.7. The summed E-state index contributed by atoms with van der Waals surface area (Å²) in [6.45, 7) is 14.0. The van der Waals surface area contributed by atoms with Crippen LogP contribution in [0.2, 0.25) is 0 Å². The first kappa shape index (κ1) is 33.7. The van der Waals surface area contributed by atoms with Gasteiger partial charge in [0.1, 0.15) is 28.2 Å². The number of aryl methyl sites for hydroxylation is 1. The molecule has 258 valence electrons. The first-order valence-corrected chi connectivity index (χ1v) is 17.5. The lowest BCUT2D eigenvalue weighted by Gasteiger charge is -2.44. The number of amides is 1. The van der Waals surface area contributed by atoms with Gasteiger partial charge >= 0.3 is 12.1 Å². The van der Waals surface area contributed by atoms with Gasteiger partial charge in [-0.05, 0) is 73.9 Å². The van der Waals surface area contributed by atoms with Crippen LogP contribution < -0.4 is 21.3 Å². The van der Waals surface area contributed by atoms with Crippen LogP contribution >= 0.6 is 11.3 Å². The Bertz CT molecular complexity index is 1660. The molecule has 1 amide bonds. The number of ether oxygens (including phenoxy) is 1. The summed E-state index contributed by atoms with van der Waals surface area (Å²) in [6, 6.07) is 4.16. The predicted octanol–water partition coefficient (Wildman–Crippen LogP) is 3.04. The third-order valence-electron chi connectivity index (χ3n) is 9.88. The molecule has 0 unspecified atom stereocenters. The molecule has 15 heteroatoms. The molecule has 5 heterocycles. The third kappa shape index (κ3) is 6.35. The molecule has 3 aliphatic heterocycles. The smallest absolute Gasteiger partial charge is 0.410 e. The van der Waals surface area contributed by atoms with Crippen molar-refractivity contribution in [2.24, 2.45) is 16.8 Å². The normalized spacial score (nSPS) is 26.2. The Balaban J connectivity index is 1.28. The van der Waals surface area contributed by atoms with E-state index in [0.717, 1.165) is 50.3 Å². The van der Waals surface area contributed by atoms with Gasteiger partial charge < -0.3 is 40.6 Å². The summed E-state index contributed by atoms with van der Waals surface area (Å²) >= 11 is 1.35. The molecule has 4 aliphatic rings. The van der Waals surface area contributed by atoms with Crippen LogP contribution in [0.1, 0.15) is 75.6 Å². The van der Waals surface area contributed by atoms with Gasteiger partial charge in [0, 0.05) is 61.2 Å². The maximum Gasteiger partial charge on any atom is 0.410 e. The van der Waals surface area contributed by atoms with Gasteiger partial charge in [-0.1, -0.05) is 5.16 Å². The number of rotatable bonds is 5. The van der Waals surface area contributed by atoms with Crippen LogP contribution in [0.3, 0.4) is 0 Å². The van der Waals surface area contributed by atoms with Crippen molar-refractivity contribution in [1.29, 1.82) is 5.26 Å². The zero-order valence-electron chi connectivity index (χ0n) is 28.7. The summed E-state index contributed by atoms with van der Waals surface area (Å²) < 4.78 is 5.64. The molecule has 0 spiro atoms. The van der Waals surface area contributed by atoms with Crippen LogP contribution in [-0.4, -0.2) is 102 Å². The number of oxime groups is 1. The molecule has 4 atom stereocenters. The zero-order chi connectivity index (χ0) is 34.5. The standard InChI is InChI=1S/C33H46N10O4S/c1-19-15-40(6)11-8-12-42(19)30-37-22(13-25(38-30)43-17-20-16-41(18-23(20)43)31(45)46-32(2,3)4)27(35)39-47-29(44)33(5)10-7-9-24-26(33)21(14-34)28(36)48-24/h13,19-20,23H,7-12,15-18,36H2,1-6H3,(H2,35,39)/t19-,20+,23+,33-/m0/s1. The second kappa shape index (κ2) is 12.7. The summed E-state index contributed by atoms with van der Waals surface area (Å²) in [7, 11) is 2.11. The Labute approximate surface area is 285 Å². The van der Waals surface area contributed by atoms with Gasteiger partial charge in [0.25, 0.3) is 0 Å². The Morgan fingerprint density at radius 3 is 2.65 bits per heavy atom. The molecule has 2 aromatic rings. The molecule has 3 saturated heterocycles. The van der Waals surface area contributed by atoms with Crippen molar-refractivity contribution >= 4 is 46.0 Å². The van der Waals surface area contributed by atoms with E-state index >= 15 is 0 Å². The SMILES string of the molecule is C[C@H]1CN(C)CCCN1c1nc(/C(N)=N/OC(=O)[C@@]2(C)CCCc3sc(N)c(C#N)c32)cc(N2C[C@H]3CN(C(=O)OC(C)(C)C)C[C@H]32)n1. The van der Waals surface area contributed by atoms with Crippen LogP contribution in [0.4, 0.5) is 21.6 Å². The highest BCUT2D eigenvalue weighted by molar-refractivity contribution is 7.16. The Hall–Kier alpha value is -4.16. The van der Waals surface area contributed by atoms with Crippen molar-refractivity contribution in [3.8, 4) is 6.07 Å². The average molecular weight is 679 g/mol. The number of aromatic nitrogens is 2. The minimum Gasteiger partial charge on any atom is -0.444 e. The summed E-state index contributed by atoms with van der Waals surface area (Å²) in [5, 5.41) is 14.3. The fraction of sp³-hybridized carbons (Fsp3) is 0.636. The van der Waals surface area contributed by atoms with Gasteiger partial charge in [-0.25, -0.2) is 14.6 Å². The number of thiophene rings is 1. The minimum atomic E-state index is -1.08. The maximum atomic E-state index is 13.6. The van der Waals surface area contributed by atoms with Crippen LogP contribution in [0.5, 0.6) is 0 Å². The van der Waals surface area contributed by atoms with Crippen LogP contribution in [0.15, 0.2) is 11.2 Å². The van der Waals surface area contributed by atoms with E-state index in [1.54, 1.807) is 17.9 Å². The van der Waals surface area contributed by atoms with Crippen molar-refractivity contribution in [2.75, 3.05) is 61.8 Å². The summed E-state index contributed by atoms with van der Waals surface area (Å²) in [6.07, 6.45) is 2.65. The van der Waals surface area contributed by atoms with Crippen LogP contribution in [0, 0.1) is 17.2 Å². The molecular formula is C33H46N10O4S. The topological polar surface area (TPSA) is 180 Å². The molecule has 6 rings (SSSR count). The van der Waals surface area contributed by atoms with E-state index in [1.165, 1.54) is 11.3 Å². The van der Waals surface area contributed by atoms with Gasteiger partial charge in [0.05, 0.1) is 17.0 Å². The number of nitrogens with two attached hydrogens (primary N) is 2. The van der Waals surface area contributed by atoms with E-state index in [2.05, 4.69) is 39.9 Å². The van der Waals surface area contributed by atoms with E-state index in [4.69, 9.17) is 31.0 Å². The van der Waals surface area contributed by atoms with E-state index in [1.807, 2.05) is 20.8 Å². The van der Waals surface area contributed by atoms with Crippen molar-refractivity contribution in [1.82, 2.24) is 19.8 Å². The number of fused-ring (bicyclic) bond motifs is 2. The highest BCUT2D eigenvalue weighted by Gasteiger charge is 2.49. The molecule has 2 aromatic heterocycles. The Morgan fingerprint density at radius 2 is 1.92 bits per heavy atom. The molecule has 1 aliphatic carbocycles. The van der Waals surface area contributed by atoms with Crippen molar-refractivity contribution in [3.63, 3.8) is 0 Å². The number of nitrogen functional groups attached to an aromatic ring is 1. The number of amidine groups is 1. The van der Waals surface area contributed by atoms with Crippen molar-refractivity contribution in [3.05, 3.63) is 27.8 Å². The number of anilines is 3. The number of carbonyl (C=O) groups is 2. The third-order valence-corrected chi connectivity index (χ3v) is 11.0. The number of hydrogen-bond donors (Lipinski definition) is 2. The monoisotopic (exact) mass is 678 g/mol. The van der Waals surface area contributed by atoms with Gasteiger partial charge in [0.2, 0.25) is 5.95 Å². The maximum absolute atomic E-state index is 13.6. The number of nitriles is 1. The Morgan fingerprint density at radius 1 is 1.15 bits per heavy atom. The van der Waals surface area contributed by atoms with Gasteiger partial charge in [0.15, 0.2) is 5.84 Å². The first-order chi connectivity index (χ1) is 22.7. The highest BCUT2D eigenvalue weighted by atomic mass is 32.1. The van der Waals surface area contributed by atoms with Crippen LogP contribution in [-0.2, 0) is 26.2 Å². The minimum absolute atomic E-state index is 0.0586. The number of carbonyl (C=O) groups excluding carboxylic acids is 2. The van der Waals surface area contributed by atoms with Gasteiger partial charge in [-0.15, -0.1) is 11.3 Å². The molecule has 0 bridgehead atoms. The first-order valence-electron chi connectivity index (χ1n) is 16.6. The molecule has 0 radical (unpaired) electrons. The summed E-state index contributed by atoms with van der Waals surface area (Å²) in [5.41, 5.74) is 12.3. The molecular weight excluding hydrogens is 632 g/mol. The van der Waals surface area contributed by atoms with E-state index in [0.29, 0.717) is 59.0 Å². The van der Waals surface area contributed by atoms with E-state index in [-0.39, 0.29) is 24.0 Å². The van der Waals surface area contributed by atoms with E-state index in [9.17, 15) is 14.9 Å². The van der Waals surface area contributed by atoms with Crippen molar-refractivity contribution < 1.29 is 19.2 Å². The highest BCUT2D eigenvalue weighted by Crippen LogP contribution is 2.46. The van der Waals surface area contributed by atoms with Gasteiger partial charge in [-0.3, -0.25) is 0 Å². The summed E-state index contributed by atoms with van der Waals surface area (Å²) in [4.78, 5) is 51.2. The van der Waals surface area contributed by atoms with E-state index < -0.39 is 17.0 Å². The molecule has 14 nitrogen and oxygen atoms in total. The molecule has 3 fully saturated rings. The second-order valence-corrected chi connectivity index (χ2v) is 15.9. The fourth-order valence-electron chi connectivity index (χ4n) is 7.41. The predicted molar refractivity (Wildman–Crippen MR) is 184 cm³/mol. The lowest BCUT2D eigenvalue weighted by Crippen LogP contribution is -2.56. The number of likely N-dealkylation sites (tertiary alicyclic amines) is 1. The van der Waals surface area contributed by atoms with Crippen LogP contribution in [0.25, 0.3) is 0 Å². The molecule has 0 aromatic carbocycles. The van der Waals surface area contributed by atoms with Crippen molar-refractivity contribution in [2.45, 2.75) is 83.4 Å². The molecule has 4 N–H and O–H groups in total. The van der Waals surface area contributed by atoms with Gasteiger partial charge in [-0.2, -0.15) is 10.2 Å². The number of likely N-dealkylation sites (N-methyl/N-ethyl adjacent to an activating group) is 1. The lowest BCUT2D eigenvalue weighted by atomic mass is 9.72. The number of hydrogen-bond acceptors (Lipinski definition) is 13. The number of nitrogens with zero attached hydrogens (tertiary/aromatic N) is 8. The quantitative estimate of drug-likeness (QED) is 0.205. The zero-order valence-corrected chi connectivity index (χ0v) is 29.5. The lowest BCUT2D eigenvalue weighted by molar-refractivity contribution is -0.150. The molecule has 48 heavy (non-hydrogen) atoms. The largest absolute Gasteiger partial charge is 0.444 e. The molecule has 0 saturated carbocycles. The Kier molecular flexibility index (Phi) is 8.93. The summed E-state index contributed by atoms with van der Waals surface area (Å²) in [5.74, 6) is 0.835. The average Bonchev–Trinajstić information content (AvgIpc) is 3.46.